The van der Waals surface area contributed by atoms with Gasteiger partial charge >= 0.3 is 0 Å². The van der Waals surface area contributed by atoms with Gasteiger partial charge in [0.15, 0.2) is 0 Å². The van der Waals surface area contributed by atoms with Crippen molar-refractivity contribution in [2.45, 2.75) is 25.8 Å². The smallest absolute Gasteiger partial charge is 0.224 e. The molecule has 1 rings (SSSR count). The van der Waals surface area contributed by atoms with Crippen LogP contribution >= 0.6 is 0 Å². The fraction of sp³-hybridized carbons (Fsp3) is 0.889. The van der Waals surface area contributed by atoms with Crippen molar-refractivity contribution in [1.82, 2.24) is 10.6 Å². The second kappa shape index (κ2) is 5.60. The van der Waals surface area contributed by atoms with Crippen LogP contribution in [0.15, 0.2) is 0 Å². The number of nitrogens with one attached hydrogen (secondary N) is 2. The zero-order valence-corrected chi connectivity index (χ0v) is 10.2. The third-order valence-electron chi connectivity index (χ3n) is 2.77. The number of nitrogens with two attached hydrogens (primary N) is 1. The lowest BCUT2D eigenvalue weighted by molar-refractivity contribution is -0.125. The molecule has 4 N–H and O–H groups in total. The van der Waals surface area contributed by atoms with E-state index in [0.717, 1.165) is 13.0 Å². The number of primary sulfonamides is 1. The molecule has 16 heavy (non-hydrogen) atoms. The van der Waals surface area contributed by atoms with Gasteiger partial charge in [-0.05, 0) is 26.3 Å². The van der Waals surface area contributed by atoms with Crippen LogP contribution in [0.1, 0.15) is 19.8 Å². The van der Waals surface area contributed by atoms with Gasteiger partial charge < -0.3 is 10.6 Å². The highest BCUT2D eigenvalue weighted by atomic mass is 32.2. The fourth-order valence-corrected chi connectivity index (χ4v) is 2.38. The van der Waals surface area contributed by atoms with Crippen LogP contribution in [-0.4, -0.2) is 39.2 Å². The lowest BCUT2D eigenvalue weighted by Gasteiger charge is -2.14. The molecule has 1 heterocycles. The lowest BCUT2D eigenvalue weighted by atomic mass is 10.0. The average Bonchev–Trinajstić information content (AvgIpc) is 2.57. The maximum atomic E-state index is 11.6. The second-order valence-corrected chi connectivity index (χ2v) is 5.88. The van der Waals surface area contributed by atoms with E-state index in [4.69, 9.17) is 5.14 Å². The van der Waals surface area contributed by atoms with Crippen molar-refractivity contribution in [3.8, 4) is 0 Å². The molecule has 1 saturated heterocycles. The molecule has 1 amide bonds. The fourth-order valence-electron chi connectivity index (χ4n) is 1.83. The van der Waals surface area contributed by atoms with E-state index in [2.05, 4.69) is 10.6 Å². The van der Waals surface area contributed by atoms with Crippen LogP contribution in [0.4, 0.5) is 0 Å². The molecular weight excluding hydrogens is 230 g/mol. The third-order valence-corrected chi connectivity index (χ3v) is 3.62. The zero-order chi connectivity index (χ0) is 12.2. The summed E-state index contributed by atoms with van der Waals surface area (Å²) in [7, 11) is -3.42. The van der Waals surface area contributed by atoms with Gasteiger partial charge in [-0.3, -0.25) is 4.79 Å². The lowest BCUT2D eigenvalue weighted by Crippen LogP contribution is -2.37. The molecule has 6 nitrogen and oxygen atoms in total. The summed E-state index contributed by atoms with van der Waals surface area (Å²) >= 11 is 0. The minimum absolute atomic E-state index is 0.00511. The second-order valence-electron chi connectivity index (χ2n) is 4.15. The van der Waals surface area contributed by atoms with E-state index < -0.39 is 10.0 Å². The first kappa shape index (κ1) is 13.4. The van der Waals surface area contributed by atoms with Gasteiger partial charge in [0.2, 0.25) is 15.9 Å². The van der Waals surface area contributed by atoms with Crippen molar-refractivity contribution in [3.05, 3.63) is 0 Å². The number of rotatable bonds is 5. The number of hydrogen-bond acceptors (Lipinski definition) is 4. The van der Waals surface area contributed by atoms with Gasteiger partial charge in [0.25, 0.3) is 0 Å². The predicted octanol–water partition coefficient (Wildman–Crippen LogP) is -1.22. The van der Waals surface area contributed by atoms with Crippen molar-refractivity contribution in [2.24, 2.45) is 11.1 Å². The van der Waals surface area contributed by atoms with Crippen molar-refractivity contribution >= 4 is 15.9 Å². The highest BCUT2D eigenvalue weighted by Gasteiger charge is 2.28. The summed E-state index contributed by atoms with van der Waals surface area (Å²) in [4.78, 5) is 11.6. The third kappa shape index (κ3) is 4.46. The first-order valence-corrected chi connectivity index (χ1v) is 7.13. The standard InChI is InChI=1S/C9H19N3O3S/c1-7-8(3-5-11-7)9(13)12-4-2-6-16(10,14)15/h7-8,11H,2-6H2,1H3,(H,12,13)(H2,10,14,15). The summed E-state index contributed by atoms with van der Waals surface area (Å²) in [5, 5.41) is 10.8. The summed E-state index contributed by atoms with van der Waals surface area (Å²) in [6, 6.07) is 0.193. The number of sulfonamides is 1. The minimum Gasteiger partial charge on any atom is -0.356 e. The van der Waals surface area contributed by atoms with E-state index in [0.29, 0.717) is 13.0 Å². The van der Waals surface area contributed by atoms with E-state index >= 15 is 0 Å². The molecule has 7 heteroatoms. The first-order chi connectivity index (χ1) is 7.40. The molecule has 0 aromatic heterocycles. The van der Waals surface area contributed by atoms with E-state index in [1.54, 1.807) is 0 Å². The summed E-state index contributed by atoms with van der Waals surface area (Å²) < 4.78 is 21.3. The molecule has 2 unspecified atom stereocenters. The van der Waals surface area contributed by atoms with Gasteiger partial charge in [0.05, 0.1) is 11.7 Å². The van der Waals surface area contributed by atoms with E-state index in [9.17, 15) is 13.2 Å². The Balaban J connectivity index is 2.20. The molecule has 0 aromatic carbocycles. The minimum atomic E-state index is -3.42. The van der Waals surface area contributed by atoms with Crippen molar-refractivity contribution in [1.29, 1.82) is 0 Å². The van der Waals surface area contributed by atoms with E-state index in [1.165, 1.54) is 0 Å². The van der Waals surface area contributed by atoms with Gasteiger partial charge in [-0.15, -0.1) is 0 Å². The Morgan fingerprint density at radius 2 is 2.25 bits per heavy atom. The van der Waals surface area contributed by atoms with E-state index in [-0.39, 0.29) is 23.6 Å². The number of amides is 1. The van der Waals surface area contributed by atoms with Gasteiger partial charge in [-0.25, -0.2) is 13.6 Å². The maximum absolute atomic E-state index is 11.6. The molecule has 0 bridgehead atoms. The summed E-state index contributed by atoms with van der Waals surface area (Å²) in [5.74, 6) is -0.104. The number of carbonyl (C=O) groups is 1. The molecular formula is C9H19N3O3S. The highest BCUT2D eigenvalue weighted by molar-refractivity contribution is 7.89. The molecule has 1 aliphatic rings. The van der Waals surface area contributed by atoms with Gasteiger partial charge in [0.1, 0.15) is 0 Å². The van der Waals surface area contributed by atoms with Crippen LogP contribution in [0.25, 0.3) is 0 Å². The maximum Gasteiger partial charge on any atom is 0.224 e. The van der Waals surface area contributed by atoms with Crippen LogP contribution in [0.2, 0.25) is 0 Å². The summed E-state index contributed by atoms with van der Waals surface area (Å²) in [6.07, 6.45) is 1.20. The Bertz CT molecular complexity index is 342. The van der Waals surface area contributed by atoms with Crippen LogP contribution in [0.3, 0.4) is 0 Å². The van der Waals surface area contributed by atoms with Crippen molar-refractivity contribution < 1.29 is 13.2 Å². The predicted molar refractivity (Wildman–Crippen MR) is 61.2 cm³/mol. The van der Waals surface area contributed by atoms with Crippen LogP contribution in [-0.2, 0) is 14.8 Å². The molecule has 0 saturated carbocycles. The molecule has 94 valence electrons. The quantitative estimate of drug-likeness (QED) is 0.531. The largest absolute Gasteiger partial charge is 0.356 e. The van der Waals surface area contributed by atoms with Crippen LogP contribution < -0.4 is 15.8 Å². The van der Waals surface area contributed by atoms with Gasteiger partial charge in [-0.1, -0.05) is 0 Å². The Kier molecular flexibility index (Phi) is 4.69. The molecule has 0 radical (unpaired) electrons. The molecule has 0 aliphatic carbocycles. The van der Waals surface area contributed by atoms with Crippen LogP contribution in [0, 0.1) is 5.92 Å². The Morgan fingerprint density at radius 3 is 2.75 bits per heavy atom. The number of carbonyl (C=O) groups excluding carboxylic acids is 1. The molecule has 1 aliphatic heterocycles. The van der Waals surface area contributed by atoms with E-state index in [1.807, 2.05) is 6.92 Å². The molecule has 1 fully saturated rings. The molecule has 2 atom stereocenters. The summed E-state index contributed by atoms with van der Waals surface area (Å²) in [5.41, 5.74) is 0. The topological polar surface area (TPSA) is 101 Å². The monoisotopic (exact) mass is 249 g/mol. The van der Waals surface area contributed by atoms with Gasteiger partial charge in [-0.2, -0.15) is 0 Å². The van der Waals surface area contributed by atoms with Crippen LogP contribution in [0.5, 0.6) is 0 Å². The SMILES string of the molecule is CC1NCCC1C(=O)NCCCS(N)(=O)=O. The molecule has 0 spiro atoms. The average molecular weight is 249 g/mol. The highest BCUT2D eigenvalue weighted by Crippen LogP contribution is 2.14. The Hall–Kier alpha value is -0.660. The van der Waals surface area contributed by atoms with Crippen molar-refractivity contribution in [2.75, 3.05) is 18.8 Å². The Labute approximate surface area is 96.0 Å². The Morgan fingerprint density at radius 1 is 1.56 bits per heavy atom. The normalized spacial score (nSPS) is 25.6. The number of hydrogen-bond donors (Lipinski definition) is 3. The van der Waals surface area contributed by atoms with Gasteiger partial charge in [0, 0.05) is 12.6 Å². The zero-order valence-electron chi connectivity index (χ0n) is 9.40. The molecule has 0 aromatic rings. The first-order valence-electron chi connectivity index (χ1n) is 5.42. The summed E-state index contributed by atoms with van der Waals surface area (Å²) in [6.45, 7) is 3.19. The van der Waals surface area contributed by atoms with Crippen molar-refractivity contribution in [3.63, 3.8) is 0 Å².